The molecule has 0 saturated heterocycles. The summed E-state index contributed by atoms with van der Waals surface area (Å²) < 4.78 is 2.12. The molecule has 78 valence electrons. The maximum Gasteiger partial charge on any atom is 0.133 e. The average Bonchev–Trinajstić information content (AvgIpc) is 2.37. The number of imidazole rings is 1. The van der Waals surface area contributed by atoms with Crippen molar-refractivity contribution in [2.24, 2.45) is 5.73 Å². The SMILES string of the molecule is CC(N)c1nc2n(c1Cl)CCCCC2. The van der Waals surface area contributed by atoms with Crippen LogP contribution in [0.4, 0.5) is 0 Å². The Labute approximate surface area is 89.3 Å². The first-order chi connectivity index (χ1) is 6.70. The molecule has 0 fully saturated rings. The Balaban J connectivity index is 2.40. The normalized spacial score (nSPS) is 18.8. The number of nitrogens with two attached hydrogens (primary N) is 1. The number of aryl methyl sites for hydroxylation is 1. The Bertz CT molecular complexity index is 330. The molecule has 4 heteroatoms. The van der Waals surface area contributed by atoms with E-state index in [-0.39, 0.29) is 6.04 Å². The van der Waals surface area contributed by atoms with Crippen LogP contribution in [0.25, 0.3) is 0 Å². The van der Waals surface area contributed by atoms with E-state index in [1.807, 2.05) is 6.92 Å². The molecule has 0 aromatic carbocycles. The summed E-state index contributed by atoms with van der Waals surface area (Å²) in [4.78, 5) is 4.52. The van der Waals surface area contributed by atoms with Gasteiger partial charge < -0.3 is 10.3 Å². The van der Waals surface area contributed by atoms with Gasteiger partial charge in [-0.25, -0.2) is 4.98 Å². The Kier molecular flexibility index (Phi) is 2.79. The zero-order valence-electron chi connectivity index (χ0n) is 8.46. The number of aromatic nitrogens is 2. The van der Waals surface area contributed by atoms with Gasteiger partial charge in [-0.15, -0.1) is 0 Å². The lowest BCUT2D eigenvalue weighted by Crippen LogP contribution is -2.06. The van der Waals surface area contributed by atoms with Gasteiger partial charge in [0.2, 0.25) is 0 Å². The molecule has 1 aliphatic heterocycles. The third kappa shape index (κ3) is 1.66. The number of nitrogens with zero attached hydrogens (tertiary/aromatic N) is 2. The van der Waals surface area contributed by atoms with Gasteiger partial charge in [0.15, 0.2) is 0 Å². The van der Waals surface area contributed by atoms with Gasteiger partial charge in [0.25, 0.3) is 0 Å². The van der Waals surface area contributed by atoms with Crippen LogP contribution in [0.5, 0.6) is 0 Å². The smallest absolute Gasteiger partial charge is 0.133 e. The Morgan fingerprint density at radius 3 is 2.93 bits per heavy atom. The van der Waals surface area contributed by atoms with E-state index in [9.17, 15) is 0 Å². The summed E-state index contributed by atoms with van der Waals surface area (Å²) in [5, 5.41) is 0.747. The van der Waals surface area contributed by atoms with E-state index in [2.05, 4.69) is 9.55 Å². The van der Waals surface area contributed by atoms with Gasteiger partial charge in [0, 0.05) is 19.0 Å². The van der Waals surface area contributed by atoms with Crippen molar-refractivity contribution in [1.82, 2.24) is 9.55 Å². The molecule has 0 spiro atoms. The zero-order chi connectivity index (χ0) is 10.1. The molecule has 14 heavy (non-hydrogen) atoms. The molecule has 1 aliphatic rings. The summed E-state index contributed by atoms with van der Waals surface area (Å²) in [5.41, 5.74) is 6.66. The van der Waals surface area contributed by atoms with Crippen molar-refractivity contribution in [3.63, 3.8) is 0 Å². The molecule has 0 bridgehead atoms. The highest BCUT2D eigenvalue weighted by Crippen LogP contribution is 2.26. The van der Waals surface area contributed by atoms with Crippen molar-refractivity contribution < 1.29 is 0 Å². The standard InChI is InChI=1S/C10H16ClN3/c1-7(12)9-10(11)14-6-4-2-3-5-8(14)13-9/h7H,2-6,12H2,1H3. The summed E-state index contributed by atoms with van der Waals surface area (Å²) in [6.07, 6.45) is 4.72. The van der Waals surface area contributed by atoms with E-state index in [0.717, 1.165) is 29.6 Å². The number of hydrogen-bond donors (Lipinski definition) is 1. The Hall–Kier alpha value is -0.540. The van der Waals surface area contributed by atoms with E-state index in [4.69, 9.17) is 17.3 Å². The Morgan fingerprint density at radius 2 is 2.21 bits per heavy atom. The average molecular weight is 214 g/mol. The van der Waals surface area contributed by atoms with Gasteiger partial charge in [-0.05, 0) is 19.8 Å². The van der Waals surface area contributed by atoms with Crippen LogP contribution < -0.4 is 5.73 Å². The summed E-state index contributed by atoms with van der Waals surface area (Å²) in [6, 6.07) is -0.0677. The highest BCUT2D eigenvalue weighted by atomic mass is 35.5. The largest absolute Gasteiger partial charge is 0.323 e. The van der Waals surface area contributed by atoms with Crippen molar-refractivity contribution in [3.8, 4) is 0 Å². The van der Waals surface area contributed by atoms with Crippen LogP contribution in [0.2, 0.25) is 5.15 Å². The maximum atomic E-state index is 6.23. The summed E-state index contributed by atoms with van der Waals surface area (Å²) >= 11 is 6.23. The first-order valence-electron chi connectivity index (χ1n) is 5.20. The molecular formula is C10H16ClN3. The molecule has 2 heterocycles. The van der Waals surface area contributed by atoms with Crippen LogP contribution in [-0.4, -0.2) is 9.55 Å². The molecule has 2 rings (SSSR count). The van der Waals surface area contributed by atoms with Crippen molar-refractivity contribution in [2.75, 3.05) is 0 Å². The summed E-state index contributed by atoms with van der Waals surface area (Å²) in [5.74, 6) is 1.11. The molecule has 0 saturated carbocycles. The molecule has 3 nitrogen and oxygen atoms in total. The minimum atomic E-state index is -0.0677. The highest BCUT2D eigenvalue weighted by molar-refractivity contribution is 6.30. The van der Waals surface area contributed by atoms with Gasteiger partial charge in [0.05, 0.1) is 5.69 Å². The van der Waals surface area contributed by atoms with Crippen molar-refractivity contribution in [2.45, 2.75) is 45.2 Å². The monoisotopic (exact) mass is 213 g/mol. The van der Waals surface area contributed by atoms with Gasteiger partial charge >= 0.3 is 0 Å². The van der Waals surface area contributed by atoms with E-state index >= 15 is 0 Å². The topological polar surface area (TPSA) is 43.8 Å². The van der Waals surface area contributed by atoms with E-state index in [0.29, 0.717) is 0 Å². The maximum absolute atomic E-state index is 6.23. The van der Waals surface area contributed by atoms with Crippen LogP contribution in [0.1, 0.15) is 43.7 Å². The van der Waals surface area contributed by atoms with Crippen LogP contribution in [0.3, 0.4) is 0 Å². The number of hydrogen-bond acceptors (Lipinski definition) is 2. The molecule has 1 unspecified atom stereocenters. The predicted molar refractivity (Wildman–Crippen MR) is 57.4 cm³/mol. The predicted octanol–water partition coefficient (Wildman–Crippen LogP) is 2.28. The van der Waals surface area contributed by atoms with Gasteiger partial charge in [-0.2, -0.15) is 0 Å². The van der Waals surface area contributed by atoms with E-state index in [1.165, 1.54) is 19.3 Å². The summed E-state index contributed by atoms with van der Waals surface area (Å²) in [7, 11) is 0. The fourth-order valence-electron chi connectivity index (χ4n) is 1.93. The third-order valence-corrected chi connectivity index (χ3v) is 3.12. The van der Waals surface area contributed by atoms with E-state index < -0.39 is 0 Å². The fourth-order valence-corrected chi connectivity index (χ4v) is 2.33. The second-order valence-corrected chi connectivity index (χ2v) is 4.31. The Morgan fingerprint density at radius 1 is 1.43 bits per heavy atom. The molecule has 1 aromatic heterocycles. The molecule has 1 atom stereocenters. The second-order valence-electron chi connectivity index (χ2n) is 3.96. The first kappa shape index (κ1) is 9.99. The fraction of sp³-hybridized carbons (Fsp3) is 0.700. The van der Waals surface area contributed by atoms with Crippen molar-refractivity contribution in [1.29, 1.82) is 0 Å². The second kappa shape index (κ2) is 3.91. The lowest BCUT2D eigenvalue weighted by molar-refractivity contribution is 0.633. The number of rotatable bonds is 1. The summed E-state index contributed by atoms with van der Waals surface area (Å²) in [6.45, 7) is 2.92. The molecular weight excluding hydrogens is 198 g/mol. The number of halogens is 1. The highest BCUT2D eigenvalue weighted by Gasteiger charge is 2.18. The lowest BCUT2D eigenvalue weighted by Gasteiger charge is -2.04. The number of fused-ring (bicyclic) bond motifs is 1. The first-order valence-corrected chi connectivity index (χ1v) is 5.58. The van der Waals surface area contributed by atoms with Crippen molar-refractivity contribution >= 4 is 11.6 Å². The quantitative estimate of drug-likeness (QED) is 0.778. The molecule has 1 aromatic rings. The van der Waals surface area contributed by atoms with E-state index in [1.54, 1.807) is 0 Å². The zero-order valence-corrected chi connectivity index (χ0v) is 9.22. The molecule has 0 amide bonds. The van der Waals surface area contributed by atoms with Crippen molar-refractivity contribution in [3.05, 3.63) is 16.7 Å². The van der Waals surface area contributed by atoms with Crippen LogP contribution in [0.15, 0.2) is 0 Å². The van der Waals surface area contributed by atoms with Gasteiger partial charge in [-0.1, -0.05) is 18.0 Å². The minimum Gasteiger partial charge on any atom is -0.323 e. The molecule has 0 aliphatic carbocycles. The van der Waals surface area contributed by atoms with Crippen LogP contribution in [-0.2, 0) is 13.0 Å². The van der Waals surface area contributed by atoms with Crippen LogP contribution in [0, 0.1) is 0 Å². The minimum absolute atomic E-state index is 0.0677. The molecule has 0 radical (unpaired) electrons. The van der Waals surface area contributed by atoms with Crippen LogP contribution >= 0.6 is 11.6 Å². The molecule has 2 N–H and O–H groups in total. The van der Waals surface area contributed by atoms with Gasteiger partial charge in [0.1, 0.15) is 11.0 Å². The van der Waals surface area contributed by atoms with Gasteiger partial charge in [-0.3, -0.25) is 0 Å². The third-order valence-electron chi connectivity index (χ3n) is 2.72. The lowest BCUT2D eigenvalue weighted by atomic mass is 10.2.